The topological polar surface area (TPSA) is 29.3 Å². The highest BCUT2D eigenvalue weighted by Gasteiger charge is 2.22. The monoisotopic (exact) mass is 536 g/mol. The molecule has 0 unspecified atom stereocenters. The van der Waals surface area contributed by atoms with E-state index >= 15 is 0 Å². The van der Waals surface area contributed by atoms with Gasteiger partial charge < -0.3 is 9.32 Å². The number of hydrogen-bond acceptors (Lipinski definition) is 3. The number of para-hydroxylation sites is 2. The van der Waals surface area contributed by atoms with Crippen molar-refractivity contribution < 1.29 is 4.42 Å². The van der Waals surface area contributed by atoms with E-state index in [4.69, 9.17) is 4.42 Å². The minimum absolute atomic E-state index is 0.860. The van der Waals surface area contributed by atoms with Crippen molar-refractivity contribution in [3.8, 4) is 33.4 Å². The molecule has 2 heterocycles. The van der Waals surface area contributed by atoms with Crippen LogP contribution in [-0.4, -0.2) is 4.98 Å². The van der Waals surface area contributed by atoms with Crippen LogP contribution in [0.3, 0.4) is 0 Å². The first-order chi connectivity index (χ1) is 20.8. The van der Waals surface area contributed by atoms with E-state index in [2.05, 4.69) is 125 Å². The van der Waals surface area contributed by atoms with Gasteiger partial charge in [-0.15, -0.1) is 0 Å². The van der Waals surface area contributed by atoms with Crippen LogP contribution in [-0.2, 0) is 0 Å². The van der Waals surface area contributed by atoms with Crippen LogP contribution >= 0.6 is 0 Å². The summed E-state index contributed by atoms with van der Waals surface area (Å²) in [5.41, 5.74) is 12.4. The number of pyridine rings is 1. The molecule has 3 nitrogen and oxygen atoms in total. The lowest BCUT2D eigenvalue weighted by molar-refractivity contribution is 0.669. The van der Waals surface area contributed by atoms with Crippen molar-refractivity contribution in [3.63, 3.8) is 0 Å². The number of furan rings is 1. The summed E-state index contributed by atoms with van der Waals surface area (Å²) in [6.45, 7) is 0. The van der Waals surface area contributed by atoms with Gasteiger partial charge >= 0.3 is 0 Å². The summed E-state index contributed by atoms with van der Waals surface area (Å²) in [6.07, 6.45) is 3.70. The SMILES string of the molecule is c1cncc(N(c2ccc(-c3ccc4c(c3)-c3cccc5cccc-4c35)cc2)c2cccc3c2oc2ccccc23)c1. The molecule has 0 spiro atoms. The van der Waals surface area contributed by atoms with Crippen LogP contribution in [0.25, 0.3) is 66.1 Å². The van der Waals surface area contributed by atoms with E-state index in [0.29, 0.717) is 0 Å². The lowest BCUT2D eigenvalue weighted by Gasteiger charge is -2.25. The van der Waals surface area contributed by atoms with Gasteiger partial charge in [-0.2, -0.15) is 0 Å². The maximum Gasteiger partial charge on any atom is 0.159 e. The van der Waals surface area contributed by atoms with Crippen LogP contribution in [0.4, 0.5) is 17.1 Å². The highest BCUT2D eigenvalue weighted by molar-refractivity contribution is 6.15. The molecular weight excluding hydrogens is 512 g/mol. The van der Waals surface area contributed by atoms with E-state index < -0.39 is 0 Å². The van der Waals surface area contributed by atoms with Crippen LogP contribution in [0, 0.1) is 0 Å². The van der Waals surface area contributed by atoms with Crippen LogP contribution in [0.1, 0.15) is 0 Å². The Morgan fingerprint density at radius 3 is 2.12 bits per heavy atom. The Labute approximate surface area is 242 Å². The molecule has 196 valence electrons. The lowest BCUT2D eigenvalue weighted by Crippen LogP contribution is -2.10. The Morgan fingerprint density at radius 1 is 0.524 bits per heavy atom. The first kappa shape index (κ1) is 23.1. The fourth-order valence-corrected chi connectivity index (χ4v) is 6.60. The predicted molar refractivity (Wildman–Crippen MR) is 174 cm³/mol. The zero-order chi connectivity index (χ0) is 27.6. The van der Waals surface area contributed by atoms with E-state index in [1.165, 1.54) is 44.2 Å². The van der Waals surface area contributed by atoms with Gasteiger partial charge in [0.05, 0.1) is 17.6 Å². The summed E-state index contributed by atoms with van der Waals surface area (Å²) in [5.74, 6) is 0. The molecule has 6 aromatic carbocycles. The van der Waals surface area contributed by atoms with Gasteiger partial charge in [0.15, 0.2) is 5.58 Å². The van der Waals surface area contributed by atoms with Gasteiger partial charge in [-0.05, 0) is 86.6 Å². The molecule has 3 heteroatoms. The number of aromatic nitrogens is 1. The van der Waals surface area contributed by atoms with Crippen LogP contribution in [0.15, 0.2) is 150 Å². The molecule has 1 aliphatic carbocycles. The first-order valence-corrected chi connectivity index (χ1v) is 14.2. The Bertz CT molecular complexity index is 2290. The average Bonchev–Trinajstić information content (AvgIpc) is 3.60. The molecule has 0 fully saturated rings. The van der Waals surface area contributed by atoms with Crippen molar-refractivity contribution in [2.45, 2.75) is 0 Å². The number of benzene rings is 6. The first-order valence-electron chi connectivity index (χ1n) is 14.2. The largest absolute Gasteiger partial charge is 0.454 e. The van der Waals surface area contributed by atoms with Crippen LogP contribution in [0.2, 0.25) is 0 Å². The summed E-state index contributed by atoms with van der Waals surface area (Å²) in [7, 11) is 0. The molecule has 9 rings (SSSR count). The smallest absolute Gasteiger partial charge is 0.159 e. The molecule has 0 N–H and O–H groups in total. The van der Waals surface area contributed by atoms with E-state index in [1.807, 2.05) is 24.4 Å². The Hall–Kier alpha value is -5.67. The minimum atomic E-state index is 0.860. The fourth-order valence-electron chi connectivity index (χ4n) is 6.60. The summed E-state index contributed by atoms with van der Waals surface area (Å²) in [5, 5.41) is 4.87. The molecule has 0 aliphatic heterocycles. The summed E-state index contributed by atoms with van der Waals surface area (Å²) in [4.78, 5) is 6.66. The van der Waals surface area contributed by atoms with Crippen molar-refractivity contribution in [2.24, 2.45) is 0 Å². The van der Waals surface area contributed by atoms with Gasteiger partial charge in [-0.1, -0.05) is 91.0 Å². The number of hydrogen-bond donors (Lipinski definition) is 0. The molecule has 0 radical (unpaired) electrons. The lowest BCUT2D eigenvalue weighted by atomic mass is 9.97. The number of anilines is 3. The van der Waals surface area contributed by atoms with Gasteiger partial charge in [0.1, 0.15) is 5.58 Å². The minimum Gasteiger partial charge on any atom is -0.454 e. The third-order valence-corrected chi connectivity index (χ3v) is 8.49. The van der Waals surface area contributed by atoms with Gasteiger partial charge in [0.25, 0.3) is 0 Å². The van der Waals surface area contributed by atoms with Crippen molar-refractivity contribution >= 4 is 49.8 Å². The third-order valence-electron chi connectivity index (χ3n) is 8.49. The Balaban J connectivity index is 1.16. The normalized spacial score (nSPS) is 11.8. The number of fused-ring (bicyclic) bond motifs is 6. The van der Waals surface area contributed by atoms with Gasteiger partial charge in [0, 0.05) is 22.7 Å². The maximum atomic E-state index is 6.43. The zero-order valence-corrected chi connectivity index (χ0v) is 22.7. The van der Waals surface area contributed by atoms with Gasteiger partial charge in [-0.3, -0.25) is 4.98 Å². The van der Waals surface area contributed by atoms with Crippen LogP contribution in [0.5, 0.6) is 0 Å². The van der Waals surface area contributed by atoms with E-state index in [0.717, 1.165) is 39.0 Å². The molecule has 8 aromatic rings. The molecule has 42 heavy (non-hydrogen) atoms. The van der Waals surface area contributed by atoms with E-state index in [9.17, 15) is 0 Å². The molecule has 0 atom stereocenters. The molecule has 0 saturated heterocycles. The van der Waals surface area contributed by atoms with Crippen LogP contribution < -0.4 is 4.90 Å². The van der Waals surface area contributed by atoms with E-state index in [-0.39, 0.29) is 0 Å². The second kappa shape index (κ2) is 8.92. The highest BCUT2D eigenvalue weighted by Crippen LogP contribution is 2.48. The molecule has 1 aliphatic rings. The third kappa shape index (κ3) is 3.37. The quantitative estimate of drug-likeness (QED) is 0.224. The zero-order valence-electron chi connectivity index (χ0n) is 22.7. The number of rotatable bonds is 4. The van der Waals surface area contributed by atoms with Crippen molar-refractivity contribution in [3.05, 3.63) is 146 Å². The molecule has 0 bridgehead atoms. The van der Waals surface area contributed by atoms with Gasteiger partial charge in [-0.25, -0.2) is 0 Å². The van der Waals surface area contributed by atoms with Crippen molar-refractivity contribution in [1.82, 2.24) is 4.98 Å². The maximum absolute atomic E-state index is 6.43. The summed E-state index contributed by atoms with van der Waals surface area (Å²) >= 11 is 0. The molecular formula is C39H24N2O. The van der Waals surface area contributed by atoms with Gasteiger partial charge in [0.2, 0.25) is 0 Å². The molecule has 0 amide bonds. The van der Waals surface area contributed by atoms with Crippen molar-refractivity contribution in [1.29, 1.82) is 0 Å². The second-order valence-corrected chi connectivity index (χ2v) is 10.8. The highest BCUT2D eigenvalue weighted by atomic mass is 16.3. The average molecular weight is 537 g/mol. The fraction of sp³-hybridized carbons (Fsp3) is 0. The summed E-state index contributed by atoms with van der Waals surface area (Å²) < 4.78 is 6.43. The number of nitrogens with zero attached hydrogens (tertiary/aromatic N) is 2. The Morgan fingerprint density at radius 2 is 1.29 bits per heavy atom. The molecule has 0 saturated carbocycles. The molecule has 2 aromatic heterocycles. The second-order valence-electron chi connectivity index (χ2n) is 10.8. The summed E-state index contributed by atoms with van der Waals surface area (Å²) in [6, 6.07) is 47.5. The predicted octanol–water partition coefficient (Wildman–Crippen LogP) is 10.9. The Kier molecular flexibility index (Phi) is 4.90. The van der Waals surface area contributed by atoms with Crippen molar-refractivity contribution in [2.75, 3.05) is 4.90 Å². The standard InChI is InChI=1S/C39H24N2O/c1-2-15-37-31(10-1)34-13-5-14-36(39(34)42-37)41(29-9-6-22-40-24-29)28-19-16-25(17-20-28)27-18-21-30-32-11-3-7-26-8-4-12-33(38(26)32)35(30)23-27/h1-24H. The van der Waals surface area contributed by atoms with E-state index in [1.54, 1.807) is 6.20 Å².